The minimum Gasteiger partial charge on any atom is -0.496 e. The monoisotopic (exact) mass is 259 g/mol. The third kappa shape index (κ3) is 2.49. The molecule has 0 spiro atoms. The van der Waals surface area contributed by atoms with Crippen molar-refractivity contribution in [3.8, 4) is 16.9 Å². The number of nitrogens with one attached hydrogen (secondary N) is 1. The highest BCUT2D eigenvalue weighted by atomic mass is 16.5. The lowest BCUT2D eigenvalue weighted by molar-refractivity contribution is 0.416. The molecule has 0 atom stereocenters. The van der Waals surface area contributed by atoms with Crippen molar-refractivity contribution in [2.45, 2.75) is 20.4 Å². The molecule has 0 aliphatic carbocycles. The highest BCUT2D eigenvalue weighted by molar-refractivity contribution is 5.75. The van der Waals surface area contributed by atoms with Crippen LogP contribution in [0.4, 0.5) is 0 Å². The van der Waals surface area contributed by atoms with Crippen molar-refractivity contribution in [1.29, 1.82) is 0 Å². The van der Waals surface area contributed by atoms with Gasteiger partial charge < -0.3 is 10.1 Å². The molecule has 102 valence electrons. The maximum absolute atomic E-state index is 5.55. The van der Waals surface area contributed by atoms with Crippen LogP contribution in [0.5, 0.6) is 5.75 Å². The Kier molecular flexibility index (Phi) is 3.90. The Bertz CT molecular complexity index is 587. The minimum atomic E-state index is 0.780. The third-order valence-corrected chi connectivity index (χ3v) is 3.34. The molecule has 0 aliphatic heterocycles. The van der Waals surface area contributed by atoms with E-state index >= 15 is 0 Å². The van der Waals surface area contributed by atoms with Gasteiger partial charge in [0, 0.05) is 24.7 Å². The average molecular weight is 259 g/mol. The van der Waals surface area contributed by atoms with Crippen molar-refractivity contribution >= 4 is 0 Å². The number of hydrogen-bond donors (Lipinski definition) is 1. The molecule has 4 heteroatoms. The molecule has 19 heavy (non-hydrogen) atoms. The van der Waals surface area contributed by atoms with Crippen LogP contribution in [-0.4, -0.2) is 23.9 Å². The highest BCUT2D eigenvalue weighted by Crippen LogP contribution is 2.36. The van der Waals surface area contributed by atoms with E-state index < -0.39 is 0 Å². The van der Waals surface area contributed by atoms with Crippen LogP contribution in [0.2, 0.25) is 0 Å². The summed E-state index contributed by atoms with van der Waals surface area (Å²) >= 11 is 0. The van der Waals surface area contributed by atoms with Gasteiger partial charge >= 0.3 is 0 Å². The Labute approximate surface area is 114 Å². The van der Waals surface area contributed by atoms with Crippen molar-refractivity contribution in [3.63, 3.8) is 0 Å². The Morgan fingerprint density at radius 2 is 2.05 bits per heavy atom. The number of methoxy groups -OCH3 is 1. The first-order chi connectivity index (χ1) is 9.08. The molecule has 2 rings (SSSR count). The SMILES string of the molecule is CNCc1c(-c2c(C)cc(C)cc2OC)cnn1C. The van der Waals surface area contributed by atoms with Crippen LogP contribution < -0.4 is 10.1 Å². The maximum Gasteiger partial charge on any atom is 0.127 e. The topological polar surface area (TPSA) is 39.1 Å². The van der Waals surface area contributed by atoms with Gasteiger partial charge in [0.1, 0.15) is 5.75 Å². The minimum absolute atomic E-state index is 0.780. The summed E-state index contributed by atoms with van der Waals surface area (Å²) in [5, 5.41) is 7.56. The Morgan fingerprint density at radius 1 is 1.32 bits per heavy atom. The molecule has 0 bridgehead atoms. The maximum atomic E-state index is 5.55. The van der Waals surface area contributed by atoms with Crippen molar-refractivity contribution in [2.75, 3.05) is 14.2 Å². The first-order valence-corrected chi connectivity index (χ1v) is 6.39. The average Bonchev–Trinajstić information content (AvgIpc) is 2.71. The van der Waals surface area contributed by atoms with Gasteiger partial charge in [-0.1, -0.05) is 6.07 Å². The molecule has 1 N–H and O–H groups in total. The summed E-state index contributed by atoms with van der Waals surface area (Å²) < 4.78 is 7.45. The summed E-state index contributed by atoms with van der Waals surface area (Å²) in [6, 6.07) is 4.24. The number of aromatic nitrogens is 2. The molecular weight excluding hydrogens is 238 g/mol. The van der Waals surface area contributed by atoms with Gasteiger partial charge in [-0.15, -0.1) is 0 Å². The molecule has 4 nitrogen and oxygen atoms in total. The van der Waals surface area contributed by atoms with Crippen LogP contribution in [-0.2, 0) is 13.6 Å². The van der Waals surface area contributed by atoms with E-state index in [0.29, 0.717) is 0 Å². The van der Waals surface area contributed by atoms with E-state index in [4.69, 9.17) is 4.74 Å². The number of nitrogens with zero attached hydrogens (tertiary/aromatic N) is 2. The van der Waals surface area contributed by atoms with Crippen molar-refractivity contribution in [1.82, 2.24) is 15.1 Å². The van der Waals surface area contributed by atoms with Gasteiger partial charge in [-0.2, -0.15) is 5.10 Å². The van der Waals surface area contributed by atoms with E-state index in [0.717, 1.165) is 29.1 Å². The van der Waals surface area contributed by atoms with Crippen LogP contribution in [0.15, 0.2) is 18.3 Å². The first kappa shape index (κ1) is 13.6. The van der Waals surface area contributed by atoms with Crippen LogP contribution >= 0.6 is 0 Å². The standard InChI is InChI=1S/C15H21N3O/c1-10-6-11(2)15(14(7-10)19-5)12-8-17-18(4)13(12)9-16-3/h6-8,16H,9H2,1-5H3. The second kappa shape index (κ2) is 5.45. The van der Waals surface area contributed by atoms with Crippen molar-refractivity contribution in [2.24, 2.45) is 7.05 Å². The summed E-state index contributed by atoms with van der Waals surface area (Å²) in [6.07, 6.45) is 1.91. The van der Waals surface area contributed by atoms with Gasteiger partial charge in [0.05, 0.1) is 19.0 Å². The zero-order valence-electron chi connectivity index (χ0n) is 12.2. The smallest absolute Gasteiger partial charge is 0.127 e. The summed E-state index contributed by atoms with van der Waals surface area (Å²) in [4.78, 5) is 0. The van der Waals surface area contributed by atoms with Gasteiger partial charge in [-0.05, 0) is 38.1 Å². The van der Waals surface area contributed by atoms with Crippen LogP contribution in [0.25, 0.3) is 11.1 Å². The van der Waals surface area contributed by atoms with Gasteiger partial charge in [0.25, 0.3) is 0 Å². The van der Waals surface area contributed by atoms with E-state index in [1.807, 2.05) is 25.0 Å². The normalized spacial score (nSPS) is 10.8. The molecule has 1 heterocycles. The lowest BCUT2D eigenvalue weighted by Crippen LogP contribution is -2.11. The summed E-state index contributed by atoms with van der Waals surface area (Å²) in [5.74, 6) is 0.905. The Morgan fingerprint density at radius 3 is 2.68 bits per heavy atom. The fourth-order valence-electron chi connectivity index (χ4n) is 2.48. The number of hydrogen-bond acceptors (Lipinski definition) is 3. The van der Waals surface area contributed by atoms with Gasteiger partial charge in [-0.25, -0.2) is 0 Å². The van der Waals surface area contributed by atoms with Gasteiger partial charge in [-0.3, -0.25) is 4.68 Å². The zero-order chi connectivity index (χ0) is 14.0. The highest BCUT2D eigenvalue weighted by Gasteiger charge is 2.16. The van der Waals surface area contributed by atoms with E-state index in [1.54, 1.807) is 7.11 Å². The van der Waals surface area contributed by atoms with Crippen LogP contribution in [0.1, 0.15) is 16.8 Å². The van der Waals surface area contributed by atoms with E-state index in [9.17, 15) is 0 Å². The Balaban J connectivity index is 2.65. The molecule has 0 radical (unpaired) electrons. The molecular formula is C15H21N3O. The van der Waals surface area contributed by atoms with E-state index in [1.165, 1.54) is 11.1 Å². The quantitative estimate of drug-likeness (QED) is 0.916. The lowest BCUT2D eigenvalue weighted by atomic mass is 9.97. The molecule has 1 aromatic heterocycles. The predicted molar refractivity (Wildman–Crippen MR) is 77.4 cm³/mol. The summed E-state index contributed by atoms with van der Waals surface area (Å²) in [5.41, 5.74) is 5.84. The molecule has 0 fully saturated rings. The summed E-state index contributed by atoms with van der Waals surface area (Å²) in [7, 11) is 5.62. The number of benzene rings is 1. The molecule has 0 aliphatic rings. The molecule has 0 saturated carbocycles. The van der Waals surface area contributed by atoms with E-state index in [2.05, 4.69) is 36.4 Å². The molecule has 2 aromatic rings. The largest absolute Gasteiger partial charge is 0.496 e. The third-order valence-electron chi connectivity index (χ3n) is 3.34. The second-order valence-electron chi connectivity index (χ2n) is 4.82. The predicted octanol–water partition coefficient (Wildman–Crippen LogP) is 2.43. The fraction of sp³-hybridized carbons (Fsp3) is 0.400. The zero-order valence-corrected chi connectivity index (χ0v) is 12.2. The van der Waals surface area contributed by atoms with Crippen LogP contribution in [0.3, 0.4) is 0 Å². The summed E-state index contributed by atoms with van der Waals surface area (Å²) in [6.45, 7) is 4.97. The lowest BCUT2D eigenvalue weighted by Gasteiger charge is -2.14. The Hall–Kier alpha value is -1.81. The number of rotatable bonds is 4. The fourth-order valence-corrected chi connectivity index (χ4v) is 2.48. The van der Waals surface area contributed by atoms with Crippen molar-refractivity contribution in [3.05, 3.63) is 35.2 Å². The molecule has 0 amide bonds. The second-order valence-corrected chi connectivity index (χ2v) is 4.82. The van der Waals surface area contributed by atoms with Crippen molar-refractivity contribution < 1.29 is 4.74 Å². The molecule has 0 saturated heterocycles. The molecule has 0 unspecified atom stereocenters. The number of ether oxygens (including phenoxy) is 1. The van der Waals surface area contributed by atoms with E-state index in [-0.39, 0.29) is 0 Å². The number of aryl methyl sites for hydroxylation is 3. The molecule has 1 aromatic carbocycles. The van der Waals surface area contributed by atoms with Gasteiger partial charge in [0.15, 0.2) is 0 Å². The van der Waals surface area contributed by atoms with Gasteiger partial charge in [0.2, 0.25) is 0 Å². The first-order valence-electron chi connectivity index (χ1n) is 6.39. The van der Waals surface area contributed by atoms with Crippen LogP contribution in [0, 0.1) is 13.8 Å².